The summed E-state index contributed by atoms with van der Waals surface area (Å²) in [6, 6.07) is 4.84. The van der Waals surface area contributed by atoms with Crippen molar-refractivity contribution in [3.8, 4) is 11.5 Å². The number of hydrogen-bond donors (Lipinski definition) is 2. The minimum absolute atomic E-state index is 0.0432. The molecule has 0 aromatic heterocycles. The van der Waals surface area contributed by atoms with Crippen LogP contribution in [0.2, 0.25) is 0 Å². The molecule has 0 bridgehead atoms. The van der Waals surface area contributed by atoms with Gasteiger partial charge in [-0.2, -0.15) is 0 Å². The van der Waals surface area contributed by atoms with Gasteiger partial charge in [0.2, 0.25) is 16.8 Å². The Morgan fingerprint density at radius 1 is 1.22 bits per heavy atom. The fourth-order valence-electron chi connectivity index (χ4n) is 4.19. The quantitative estimate of drug-likeness (QED) is 0.769. The van der Waals surface area contributed by atoms with Crippen molar-refractivity contribution < 1.29 is 22.7 Å². The van der Waals surface area contributed by atoms with E-state index in [0.29, 0.717) is 23.0 Å². The van der Waals surface area contributed by atoms with Crippen molar-refractivity contribution in [3.05, 3.63) is 23.8 Å². The molecule has 0 radical (unpaired) electrons. The minimum Gasteiger partial charge on any atom is -0.454 e. The lowest BCUT2D eigenvalue weighted by atomic mass is 9.71. The van der Waals surface area contributed by atoms with Gasteiger partial charge in [0.25, 0.3) is 5.91 Å². The van der Waals surface area contributed by atoms with Crippen molar-refractivity contribution in [2.45, 2.75) is 46.1 Å². The summed E-state index contributed by atoms with van der Waals surface area (Å²) in [5, 5.41) is 2.65. The van der Waals surface area contributed by atoms with E-state index in [-0.39, 0.29) is 36.5 Å². The first-order valence-electron chi connectivity index (χ1n) is 9.31. The van der Waals surface area contributed by atoms with Gasteiger partial charge in [0, 0.05) is 18.2 Å². The second-order valence-corrected chi connectivity index (χ2v) is 10.2. The molecule has 0 spiro atoms. The zero-order valence-electron chi connectivity index (χ0n) is 16.1. The lowest BCUT2D eigenvalue weighted by Gasteiger charge is -2.39. The highest BCUT2D eigenvalue weighted by atomic mass is 32.2. The first kappa shape index (κ1) is 19.9. The molecule has 1 aliphatic heterocycles. The topological polar surface area (TPSA) is 93.7 Å². The van der Waals surface area contributed by atoms with Crippen molar-refractivity contribution in [2.24, 2.45) is 11.3 Å². The predicted molar refractivity (Wildman–Crippen MR) is 102 cm³/mol. The highest BCUT2D eigenvalue weighted by molar-refractivity contribution is 7.89. The Bertz CT molecular complexity index is 806. The molecule has 0 unspecified atom stereocenters. The second-order valence-electron chi connectivity index (χ2n) is 8.37. The molecule has 1 aromatic rings. The van der Waals surface area contributed by atoms with E-state index in [2.05, 4.69) is 30.8 Å². The Morgan fingerprint density at radius 2 is 1.96 bits per heavy atom. The highest BCUT2D eigenvalue weighted by Crippen LogP contribution is 2.38. The van der Waals surface area contributed by atoms with Gasteiger partial charge in [-0.15, -0.1) is 0 Å². The molecule has 0 saturated heterocycles. The maximum atomic E-state index is 12.4. The van der Waals surface area contributed by atoms with Gasteiger partial charge in [0.05, 0.1) is 5.75 Å². The van der Waals surface area contributed by atoms with Gasteiger partial charge in [-0.25, -0.2) is 13.1 Å². The summed E-state index contributed by atoms with van der Waals surface area (Å²) in [6.45, 7) is 6.70. The van der Waals surface area contributed by atoms with Gasteiger partial charge in [0.1, 0.15) is 0 Å². The van der Waals surface area contributed by atoms with Crippen LogP contribution in [-0.4, -0.2) is 39.5 Å². The van der Waals surface area contributed by atoms with Crippen LogP contribution >= 0.6 is 0 Å². The van der Waals surface area contributed by atoms with Gasteiger partial charge in [0.15, 0.2) is 11.5 Å². The molecular formula is C19H28N2O5S. The molecule has 1 heterocycles. The summed E-state index contributed by atoms with van der Waals surface area (Å²) in [5.74, 6) is 1.13. The average Bonchev–Trinajstić information content (AvgIpc) is 2.99. The number of amides is 1. The molecule has 3 rings (SSSR count). The molecule has 27 heavy (non-hydrogen) atoms. The van der Waals surface area contributed by atoms with Crippen LogP contribution in [-0.2, 0) is 10.0 Å². The first-order valence-corrected chi connectivity index (χ1v) is 11.0. The molecule has 1 amide bonds. The Labute approximate surface area is 160 Å². The number of sulfonamides is 1. The van der Waals surface area contributed by atoms with E-state index >= 15 is 0 Å². The molecule has 2 atom stereocenters. The van der Waals surface area contributed by atoms with Crippen molar-refractivity contribution >= 4 is 15.9 Å². The van der Waals surface area contributed by atoms with E-state index in [9.17, 15) is 13.2 Å². The molecule has 1 saturated carbocycles. The fourth-order valence-corrected chi connectivity index (χ4v) is 5.36. The zero-order chi connectivity index (χ0) is 19.7. The van der Waals surface area contributed by atoms with Crippen LogP contribution in [0.5, 0.6) is 11.5 Å². The van der Waals surface area contributed by atoms with Gasteiger partial charge >= 0.3 is 0 Å². The van der Waals surface area contributed by atoms with Gasteiger partial charge < -0.3 is 14.8 Å². The van der Waals surface area contributed by atoms with Crippen molar-refractivity contribution in [2.75, 3.05) is 19.1 Å². The number of fused-ring (bicyclic) bond motifs is 1. The van der Waals surface area contributed by atoms with Crippen molar-refractivity contribution in [3.63, 3.8) is 0 Å². The fraction of sp³-hybridized carbons (Fsp3) is 0.632. The summed E-state index contributed by atoms with van der Waals surface area (Å²) in [7, 11) is -3.45. The third-order valence-electron chi connectivity index (χ3n) is 5.02. The van der Waals surface area contributed by atoms with Gasteiger partial charge in [-0.05, 0) is 48.8 Å². The smallest absolute Gasteiger partial charge is 0.251 e. The van der Waals surface area contributed by atoms with Crippen LogP contribution in [0.15, 0.2) is 18.2 Å². The number of carbonyl (C=O) groups excluding carboxylic acids is 1. The Hall–Kier alpha value is -1.80. The van der Waals surface area contributed by atoms with E-state index in [1.807, 2.05) is 0 Å². The van der Waals surface area contributed by atoms with Crippen LogP contribution in [0.25, 0.3) is 0 Å². The van der Waals surface area contributed by atoms with Crippen LogP contribution in [0.3, 0.4) is 0 Å². The van der Waals surface area contributed by atoms with Crippen LogP contribution in [0.1, 0.15) is 50.4 Å². The van der Waals surface area contributed by atoms with Crippen molar-refractivity contribution in [1.82, 2.24) is 10.0 Å². The summed E-state index contributed by atoms with van der Waals surface area (Å²) < 4.78 is 38.1. The number of benzene rings is 1. The maximum Gasteiger partial charge on any atom is 0.251 e. The molecule has 7 nitrogen and oxygen atoms in total. The number of rotatable bonds is 6. The standard InChI is InChI=1S/C19H28N2O5S/c1-13-8-15(11-19(2,3)10-13)21-27(23,24)7-6-20-18(22)14-4-5-16-17(9-14)26-12-25-16/h4-5,9,13,15,21H,6-8,10-12H2,1-3H3,(H,20,22)/t13-,15-/m1/s1. The van der Waals surface area contributed by atoms with E-state index in [1.165, 1.54) is 0 Å². The number of ether oxygens (including phenoxy) is 2. The number of nitrogens with one attached hydrogen (secondary N) is 2. The van der Waals surface area contributed by atoms with Gasteiger partial charge in [-0.3, -0.25) is 4.79 Å². The molecule has 150 valence electrons. The van der Waals surface area contributed by atoms with E-state index < -0.39 is 10.0 Å². The summed E-state index contributed by atoms with van der Waals surface area (Å²) in [4.78, 5) is 12.2. The largest absolute Gasteiger partial charge is 0.454 e. The molecule has 8 heteroatoms. The van der Waals surface area contributed by atoms with Gasteiger partial charge in [-0.1, -0.05) is 20.8 Å². The van der Waals surface area contributed by atoms with Crippen LogP contribution in [0, 0.1) is 11.3 Å². The summed E-state index contributed by atoms with van der Waals surface area (Å²) >= 11 is 0. The lowest BCUT2D eigenvalue weighted by molar-refractivity contribution is 0.0955. The molecule has 1 aliphatic carbocycles. The summed E-state index contributed by atoms with van der Waals surface area (Å²) in [5.41, 5.74) is 0.547. The number of hydrogen-bond acceptors (Lipinski definition) is 5. The molecule has 2 aliphatic rings. The SMILES string of the molecule is C[C@@H]1C[C@@H](NS(=O)(=O)CCNC(=O)c2ccc3c(c2)OCO3)CC(C)(C)C1. The average molecular weight is 397 g/mol. The first-order chi connectivity index (χ1) is 12.6. The highest BCUT2D eigenvalue weighted by Gasteiger charge is 2.33. The molecular weight excluding hydrogens is 368 g/mol. The number of carbonyl (C=O) groups is 1. The normalized spacial score (nSPS) is 23.8. The van der Waals surface area contributed by atoms with Crippen molar-refractivity contribution in [1.29, 1.82) is 0 Å². The van der Waals surface area contributed by atoms with Crippen LogP contribution < -0.4 is 19.5 Å². The minimum atomic E-state index is -3.45. The predicted octanol–water partition coefficient (Wildman–Crippen LogP) is 2.28. The molecule has 2 N–H and O–H groups in total. The second kappa shape index (κ2) is 7.67. The van der Waals surface area contributed by atoms with Crippen LogP contribution in [0.4, 0.5) is 0 Å². The Balaban J connectivity index is 1.49. The molecule has 1 fully saturated rings. The Morgan fingerprint density at radius 3 is 2.70 bits per heavy atom. The van der Waals surface area contributed by atoms with E-state index in [1.54, 1.807) is 18.2 Å². The Kier molecular flexibility index (Phi) is 5.67. The van der Waals surface area contributed by atoms with E-state index in [4.69, 9.17) is 9.47 Å². The molecule has 1 aromatic carbocycles. The van der Waals surface area contributed by atoms with E-state index in [0.717, 1.165) is 19.3 Å². The third-order valence-corrected chi connectivity index (χ3v) is 6.46. The monoisotopic (exact) mass is 396 g/mol. The zero-order valence-corrected chi connectivity index (χ0v) is 16.9. The maximum absolute atomic E-state index is 12.4. The summed E-state index contributed by atoms with van der Waals surface area (Å²) in [6.07, 6.45) is 2.79. The third kappa shape index (κ3) is 5.35. The lowest BCUT2D eigenvalue weighted by Crippen LogP contribution is -2.45.